The van der Waals surface area contributed by atoms with Crippen LogP contribution in [0.5, 0.6) is 0 Å². The molecular weight excluding hydrogens is 455 g/mol. The third kappa shape index (κ3) is 5.91. The van der Waals surface area contributed by atoms with E-state index in [0.717, 1.165) is 44.8 Å². The smallest absolute Gasteiger partial charge is 0.372 e. The maximum Gasteiger partial charge on any atom is 0.417 e. The van der Waals surface area contributed by atoms with Gasteiger partial charge in [0.25, 0.3) is 0 Å². The standard InChI is InChI=1S/C27H32F3N3O2/c1-34-26(35-2)15-19-9-12-32(13-10-19)23-6-3-20(4-7-23)22-11-14-33(18-22)24-8-5-21(17-31)25(16-24)27(28,29)30/h3-8,16,19,22,26H,9-15,18H2,1-2H3/t22-/m0/s1. The lowest BCUT2D eigenvalue weighted by molar-refractivity contribution is -0.137. The van der Waals surface area contributed by atoms with Crippen molar-refractivity contribution in [3.05, 3.63) is 59.2 Å². The number of methoxy groups -OCH3 is 2. The number of hydrogen-bond acceptors (Lipinski definition) is 5. The normalized spacial score (nSPS) is 19.4. The second-order valence-electron chi connectivity index (χ2n) is 9.43. The van der Waals surface area contributed by atoms with Gasteiger partial charge in [-0.15, -0.1) is 0 Å². The van der Waals surface area contributed by atoms with E-state index in [-0.39, 0.29) is 17.8 Å². The van der Waals surface area contributed by atoms with Crippen molar-refractivity contribution in [3.8, 4) is 6.07 Å². The summed E-state index contributed by atoms with van der Waals surface area (Å²) < 4.78 is 50.8. The number of nitrogens with zero attached hydrogens (tertiary/aromatic N) is 3. The average molecular weight is 488 g/mol. The third-order valence-corrected chi connectivity index (χ3v) is 7.38. The van der Waals surface area contributed by atoms with Gasteiger partial charge in [-0.25, -0.2) is 0 Å². The predicted molar refractivity (Wildman–Crippen MR) is 130 cm³/mol. The molecule has 2 aliphatic heterocycles. The van der Waals surface area contributed by atoms with Gasteiger partial charge < -0.3 is 19.3 Å². The molecule has 2 aliphatic rings. The van der Waals surface area contributed by atoms with Gasteiger partial charge in [0.2, 0.25) is 0 Å². The largest absolute Gasteiger partial charge is 0.417 e. The zero-order valence-corrected chi connectivity index (χ0v) is 20.2. The summed E-state index contributed by atoms with van der Waals surface area (Å²) in [5, 5.41) is 9.04. The van der Waals surface area contributed by atoms with Crippen LogP contribution in [0.3, 0.4) is 0 Å². The van der Waals surface area contributed by atoms with Gasteiger partial charge in [0.1, 0.15) is 0 Å². The molecular formula is C27H32F3N3O2. The topological polar surface area (TPSA) is 48.7 Å². The molecule has 8 heteroatoms. The molecule has 0 bridgehead atoms. The molecule has 188 valence electrons. The van der Waals surface area contributed by atoms with Crippen LogP contribution in [0.4, 0.5) is 24.5 Å². The van der Waals surface area contributed by atoms with Crippen LogP contribution >= 0.6 is 0 Å². The van der Waals surface area contributed by atoms with Crippen molar-refractivity contribution in [2.45, 2.75) is 44.1 Å². The van der Waals surface area contributed by atoms with Gasteiger partial charge in [0.05, 0.1) is 17.2 Å². The van der Waals surface area contributed by atoms with Gasteiger partial charge >= 0.3 is 6.18 Å². The van der Waals surface area contributed by atoms with Crippen LogP contribution in [0.15, 0.2) is 42.5 Å². The summed E-state index contributed by atoms with van der Waals surface area (Å²) >= 11 is 0. The van der Waals surface area contributed by atoms with E-state index in [9.17, 15) is 13.2 Å². The van der Waals surface area contributed by atoms with E-state index >= 15 is 0 Å². The number of rotatable bonds is 7. The Morgan fingerprint density at radius 2 is 1.57 bits per heavy atom. The van der Waals surface area contributed by atoms with E-state index in [1.54, 1.807) is 26.4 Å². The number of hydrogen-bond donors (Lipinski definition) is 0. The highest BCUT2D eigenvalue weighted by atomic mass is 19.4. The zero-order valence-electron chi connectivity index (χ0n) is 20.2. The maximum atomic E-state index is 13.4. The molecule has 0 amide bonds. The predicted octanol–water partition coefficient (Wildman–Crippen LogP) is 5.80. The van der Waals surface area contributed by atoms with Crippen molar-refractivity contribution in [2.75, 3.05) is 50.2 Å². The fourth-order valence-electron chi connectivity index (χ4n) is 5.27. The van der Waals surface area contributed by atoms with Crippen LogP contribution in [0.2, 0.25) is 0 Å². The number of halogens is 3. The first-order valence-corrected chi connectivity index (χ1v) is 12.1. The van der Waals surface area contributed by atoms with E-state index in [1.807, 2.05) is 4.90 Å². The minimum Gasteiger partial charge on any atom is -0.372 e. The number of piperidine rings is 1. The van der Waals surface area contributed by atoms with Crippen molar-refractivity contribution in [3.63, 3.8) is 0 Å². The highest BCUT2D eigenvalue weighted by Gasteiger charge is 2.35. The quantitative estimate of drug-likeness (QED) is 0.462. The maximum absolute atomic E-state index is 13.4. The molecule has 2 aromatic carbocycles. The molecule has 0 aromatic heterocycles. The van der Waals surface area contributed by atoms with Gasteiger partial charge in [0, 0.05) is 64.1 Å². The monoisotopic (exact) mass is 487 g/mol. The van der Waals surface area contributed by atoms with E-state index in [4.69, 9.17) is 14.7 Å². The van der Waals surface area contributed by atoms with Gasteiger partial charge in [0.15, 0.2) is 6.29 Å². The number of alkyl halides is 3. The first-order valence-electron chi connectivity index (χ1n) is 12.1. The Morgan fingerprint density at radius 1 is 0.943 bits per heavy atom. The van der Waals surface area contributed by atoms with Crippen molar-refractivity contribution in [1.29, 1.82) is 5.26 Å². The molecule has 2 saturated heterocycles. The summed E-state index contributed by atoms with van der Waals surface area (Å²) in [6.07, 6.45) is -0.672. The number of anilines is 2. The lowest BCUT2D eigenvalue weighted by Gasteiger charge is -2.34. The van der Waals surface area contributed by atoms with E-state index < -0.39 is 11.7 Å². The SMILES string of the molecule is COC(CC1CCN(c2ccc([C@H]3CCN(c4ccc(C#N)c(C(F)(F)F)c4)C3)cc2)CC1)OC. The molecule has 2 aromatic rings. The van der Waals surface area contributed by atoms with Crippen LogP contribution in [-0.2, 0) is 15.7 Å². The zero-order chi connectivity index (χ0) is 25.0. The van der Waals surface area contributed by atoms with E-state index in [1.165, 1.54) is 17.3 Å². The van der Waals surface area contributed by atoms with Crippen molar-refractivity contribution in [2.24, 2.45) is 5.92 Å². The average Bonchev–Trinajstić information content (AvgIpc) is 3.37. The fourth-order valence-corrected chi connectivity index (χ4v) is 5.27. The number of benzene rings is 2. The van der Waals surface area contributed by atoms with Gasteiger partial charge in [-0.05, 0) is 61.1 Å². The van der Waals surface area contributed by atoms with Crippen LogP contribution in [0.1, 0.15) is 48.3 Å². The molecule has 0 N–H and O–H groups in total. The lowest BCUT2D eigenvalue weighted by atomic mass is 9.92. The minimum absolute atomic E-state index is 0.138. The van der Waals surface area contributed by atoms with Crippen LogP contribution in [0.25, 0.3) is 0 Å². The lowest BCUT2D eigenvalue weighted by Crippen LogP contribution is -2.35. The summed E-state index contributed by atoms with van der Waals surface area (Å²) in [5.74, 6) is 0.861. The summed E-state index contributed by atoms with van der Waals surface area (Å²) in [6.45, 7) is 3.35. The molecule has 2 fully saturated rings. The first kappa shape index (κ1) is 25.3. The van der Waals surface area contributed by atoms with E-state index in [0.29, 0.717) is 24.7 Å². The van der Waals surface area contributed by atoms with Crippen molar-refractivity contribution in [1.82, 2.24) is 0 Å². The first-order chi connectivity index (χ1) is 16.8. The molecule has 2 heterocycles. The summed E-state index contributed by atoms with van der Waals surface area (Å²) in [7, 11) is 3.36. The highest BCUT2D eigenvalue weighted by Crippen LogP contribution is 2.37. The van der Waals surface area contributed by atoms with Crippen LogP contribution in [0, 0.1) is 17.2 Å². The summed E-state index contributed by atoms with van der Waals surface area (Å²) in [4.78, 5) is 4.39. The minimum atomic E-state index is -4.54. The fraction of sp³-hybridized carbons (Fsp3) is 0.519. The van der Waals surface area contributed by atoms with Crippen LogP contribution in [-0.4, -0.2) is 46.7 Å². The summed E-state index contributed by atoms with van der Waals surface area (Å²) in [5.41, 5.74) is 1.73. The Bertz CT molecular complexity index is 1020. The second kappa shape index (κ2) is 10.9. The Morgan fingerprint density at radius 3 is 2.17 bits per heavy atom. The van der Waals surface area contributed by atoms with Crippen LogP contribution < -0.4 is 9.80 Å². The van der Waals surface area contributed by atoms with Crippen molar-refractivity contribution < 1.29 is 22.6 Å². The Balaban J connectivity index is 1.35. The molecule has 4 rings (SSSR count). The molecule has 0 radical (unpaired) electrons. The Labute approximate surface area is 205 Å². The highest BCUT2D eigenvalue weighted by molar-refractivity contribution is 5.56. The summed E-state index contributed by atoms with van der Waals surface area (Å²) in [6, 6.07) is 14.3. The molecule has 35 heavy (non-hydrogen) atoms. The second-order valence-corrected chi connectivity index (χ2v) is 9.43. The van der Waals surface area contributed by atoms with Crippen molar-refractivity contribution >= 4 is 11.4 Å². The molecule has 0 spiro atoms. The molecule has 0 saturated carbocycles. The molecule has 0 aliphatic carbocycles. The van der Waals surface area contributed by atoms with Gasteiger partial charge in [-0.2, -0.15) is 18.4 Å². The Hall–Kier alpha value is -2.76. The number of ether oxygens (including phenoxy) is 2. The third-order valence-electron chi connectivity index (χ3n) is 7.38. The van der Waals surface area contributed by atoms with Gasteiger partial charge in [-0.1, -0.05) is 12.1 Å². The number of nitriles is 1. The van der Waals surface area contributed by atoms with E-state index in [2.05, 4.69) is 29.2 Å². The molecule has 1 atom stereocenters. The Kier molecular flexibility index (Phi) is 7.88. The van der Waals surface area contributed by atoms with Gasteiger partial charge in [-0.3, -0.25) is 0 Å². The molecule has 0 unspecified atom stereocenters. The molecule has 5 nitrogen and oxygen atoms in total.